The van der Waals surface area contributed by atoms with Crippen LogP contribution in [0.25, 0.3) is 0 Å². The number of nitrogens with zero attached hydrogens (tertiary/aromatic N) is 3. The van der Waals surface area contributed by atoms with E-state index in [2.05, 4.69) is 15.3 Å². The second kappa shape index (κ2) is 5.34. The number of hydrogen-bond donors (Lipinski definition) is 2. The van der Waals surface area contributed by atoms with Crippen molar-refractivity contribution >= 4 is 17.6 Å². The average Bonchev–Trinajstić information content (AvgIpc) is 2.78. The lowest BCUT2D eigenvalue weighted by molar-refractivity contribution is -0.385. The highest BCUT2D eigenvalue weighted by atomic mass is 16.6. The average molecular weight is 278 g/mol. The topological polar surface area (TPSA) is 131 Å². The van der Waals surface area contributed by atoms with Crippen molar-refractivity contribution in [3.63, 3.8) is 0 Å². The summed E-state index contributed by atoms with van der Waals surface area (Å²) in [6.45, 7) is 1.72. The Hall–Kier alpha value is -2.97. The number of aromatic nitrogens is 2. The fraction of sp³-hybridized carbons (Fsp3) is 0.182. The lowest BCUT2D eigenvalue weighted by Gasteiger charge is -2.01. The molecule has 9 heteroatoms. The Morgan fingerprint density at radius 2 is 2.15 bits per heavy atom. The Bertz CT molecular complexity index is 649. The number of furan rings is 1. The lowest BCUT2D eigenvalue weighted by Crippen LogP contribution is -2.03. The van der Waals surface area contributed by atoms with Gasteiger partial charge in [0.15, 0.2) is 0 Å². The predicted molar refractivity (Wildman–Crippen MR) is 66.4 cm³/mol. The number of nitro groups is 1. The number of carboxylic acids is 1. The van der Waals surface area contributed by atoms with Crippen molar-refractivity contribution in [3.05, 3.63) is 45.7 Å². The zero-order chi connectivity index (χ0) is 14.7. The number of anilines is 1. The molecule has 9 nitrogen and oxygen atoms in total. The normalized spacial score (nSPS) is 10.2. The van der Waals surface area contributed by atoms with Crippen molar-refractivity contribution in [3.8, 4) is 0 Å². The minimum atomic E-state index is -1.07. The third-order valence-corrected chi connectivity index (χ3v) is 2.47. The summed E-state index contributed by atoms with van der Waals surface area (Å²) in [7, 11) is 0. The van der Waals surface area contributed by atoms with E-state index >= 15 is 0 Å². The Morgan fingerprint density at radius 1 is 1.50 bits per heavy atom. The molecule has 2 N–H and O–H groups in total. The van der Waals surface area contributed by atoms with E-state index < -0.39 is 10.9 Å². The summed E-state index contributed by atoms with van der Waals surface area (Å²) in [6.07, 6.45) is 2.15. The fourth-order valence-electron chi connectivity index (χ4n) is 1.52. The summed E-state index contributed by atoms with van der Waals surface area (Å²) < 4.78 is 5.25. The molecule has 0 saturated heterocycles. The van der Waals surface area contributed by atoms with E-state index in [1.807, 2.05) is 0 Å². The maximum absolute atomic E-state index is 10.8. The monoisotopic (exact) mass is 278 g/mol. The molecule has 20 heavy (non-hydrogen) atoms. The van der Waals surface area contributed by atoms with Gasteiger partial charge in [-0.3, -0.25) is 10.1 Å². The number of nitrogens with one attached hydrogen (secondary N) is 1. The summed E-state index contributed by atoms with van der Waals surface area (Å²) in [5.41, 5.74) is -0.121. The van der Waals surface area contributed by atoms with E-state index in [0.717, 1.165) is 12.4 Å². The van der Waals surface area contributed by atoms with Gasteiger partial charge in [0.05, 0.1) is 11.5 Å². The lowest BCUT2D eigenvalue weighted by atomic mass is 10.2. The number of carbonyl (C=O) groups is 1. The van der Waals surface area contributed by atoms with E-state index in [1.165, 1.54) is 6.07 Å². The highest BCUT2D eigenvalue weighted by molar-refractivity contribution is 5.88. The first-order valence-corrected chi connectivity index (χ1v) is 5.50. The first-order chi connectivity index (χ1) is 9.47. The van der Waals surface area contributed by atoms with Crippen molar-refractivity contribution in [2.75, 3.05) is 5.32 Å². The van der Waals surface area contributed by atoms with Gasteiger partial charge in [-0.15, -0.1) is 0 Å². The molecule has 0 aromatic carbocycles. The molecule has 0 unspecified atom stereocenters. The zero-order valence-electron chi connectivity index (χ0n) is 10.4. The van der Waals surface area contributed by atoms with Crippen molar-refractivity contribution in [1.82, 2.24) is 9.97 Å². The van der Waals surface area contributed by atoms with Gasteiger partial charge in [0.25, 0.3) is 0 Å². The van der Waals surface area contributed by atoms with Crippen LogP contribution < -0.4 is 5.32 Å². The predicted octanol–water partition coefficient (Wildman–Crippen LogP) is 1.60. The zero-order valence-corrected chi connectivity index (χ0v) is 10.4. The van der Waals surface area contributed by atoms with Crippen molar-refractivity contribution < 1.29 is 19.2 Å². The molecule has 104 valence electrons. The van der Waals surface area contributed by atoms with Crippen LogP contribution in [0.5, 0.6) is 0 Å². The molecule has 0 atom stereocenters. The SMILES string of the molecule is Cc1oc(CNc2ncc([N+](=O)[O-])cn2)cc1C(=O)O. The molecule has 0 saturated carbocycles. The van der Waals surface area contributed by atoms with Crippen molar-refractivity contribution in [2.24, 2.45) is 0 Å². The van der Waals surface area contributed by atoms with Crippen LogP contribution in [0.4, 0.5) is 11.6 Å². The molecule has 0 aliphatic rings. The first-order valence-electron chi connectivity index (χ1n) is 5.50. The molecule has 2 heterocycles. The molecular formula is C11H10N4O5. The Balaban J connectivity index is 2.03. The van der Waals surface area contributed by atoms with Crippen LogP contribution >= 0.6 is 0 Å². The van der Waals surface area contributed by atoms with E-state index in [-0.39, 0.29) is 23.7 Å². The molecule has 2 aromatic rings. The highest BCUT2D eigenvalue weighted by Crippen LogP contribution is 2.16. The van der Waals surface area contributed by atoms with Crippen LogP contribution in [0.2, 0.25) is 0 Å². The van der Waals surface area contributed by atoms with Gasteiger partial charge in [0.2, 0.25) is 5.95 Å². The first kappa shape index (κ1) is 13.5. The summed E-state index contributed by atoms with van der Waals surface area (Å²) in [5, 5.41) is 22.1. The van der Waals surface area contributed by atoms with Gasteiger partial charge in [-0.1, -0.05) is 0 Å². The largest absolute Gasteiger partial charge is 0.478 e. The minimum Gasteiger partial charge on any atom is -0.478 e. The standard InChI is InChI=1S/C11H10N4O5/c1-6-9(10(16)17)2-8(20-6)5-14-11-12-3-7(4-13-11)15(18)19/h2-4H,5H2,1H3,(H,16,17)(H,12,13,14). The van der Waals surface area contributed by atoms with Gasteiger partial charge in [-0.05, 0) is 13.0 Å². The van der Waals surface area contributed by atoms with Crippen LogP contribution in [0.15, 0.2) is 22.9 Å². The maximum atomic E-state index is 10.8. The van der Waals surface area contributed by atoms with Crippen LogP contribution in [-0.4, -0.2) is 26.0 Å². The Labute approximate surface area is 112 Å². The van der Waals surface area contributed by atoms with E-state index in [0.29, 0.717) is 11.5 Å². The highest BCUT2D eigenvalue weighted by Gasteiger charge is 2.14. The Kier molecular flexibility index (Phi) is 3.60. The Morgan fingerprint density at radius 3 is 2.65 bits per heavy atom. The summed E-state index contributed by atoms with van der Waals surface area (Å²) in [6, 6.07) is 1.40. The van der Waals surface area contributed by atoms with Gasteiger partial charge in [-0.2, -0.15) is 0 Å². The van der Waals surface area contributed by atoms with Crippen molar-refractivity contribution in [2.45, 2.75) is 13.5 Å². The van der Waals surface area contributed by atoms with Crippen LogP contribution in [0.3, 0.4) is 0 Å². The molecule has 0 amide bonds. The van der Waals surface area contributed by atoms with Gasteiger partial charge in [-0.25, -0.2) is 14.8 Å². The third kappa shape index (κ3) is 2.88. The molecule has 0 aliphatic heterocycles. The summed E-state index contributed by atoms with van der Waals surface area (Å²) in [4.78, 5) is 28.2. The number of aromatic carboxylic acids is 1. The number of rotatable bonds is 5. The second-order valence-corrected chi connectivity index (χ2v) is 3.86. The van der Waals surface area contributed by atoms with Gasteiger partial charge in [0, 0.05) is 0 Å². The molecule has 0 fully saturated rings. The molecule has 0 spiro atoms. The van der Waals surface area contributed by atoms with Crippen LogP contribution in [0, 0.1) is 17.0 Å². The van der Waals surface area contributed by atoms with Gasteiger partial charge < -0.3 is 14.8 Å². The van der Waals surface area contributed by atoms with Crippen LogP contribution in [0.1, 0.15) is 21.9 Å². The molecule has 0 bridgehead atoms. The summed E-state index contributed by atoms with van der Waals surface area (Å²) >= 11 is 0. The number of carboxylic acid groups (broad SMARTS) is 1. The molecule has 2 aromatic heterocycles. The number of hydrogen-bond acceptors (Lipinski definition) is 7. The van der Waals surface area contributed by atoms with Crippen LogP contribution in [-0.2, 0) is 6.54 Å². The summed E-state index contributed by atoms with van der Waals surface area (Å²) in [5.74, 6) is -0.175. The van der Waals surface area contributed by atoms with Gasteiger partial charge in [0.1, 0.15) is 29.5 Å². The van der Waals surface area contributed by atoms with E-state index in [4.69, 9.17) is 9.52 Å². The molecule has 0 aliphatic carbocycles. The smallest absolute Gasteiger partial charge is 0.339 e. The van der Waals surface area contributed by atoms with E-state index in [1.54, 1.807) is 6.92 Å². The molecule has 0 radical (unpaired) electrons. The van der Waals surface area contributed by atoms with Gasteiger partial charge >= 0.3 is 11.7 Å². The van der Waals surface area contributed by atoms with E-state index in [9.17, 15) is 14.9 Å². The second-order valence-electron chi connectivity index (χ2n) is 3.86. The maximum Gasteiger partial charge on any atom is 0.339 e. The fourth-order valence-corrected chi connectivity index (χ4v) is 1.52. The van der Waals surface area contributed by atoms with Crippen molar-refractivity contribution in [1.29, 1.82) is 0 Å². The quantitative estimate of drug-likeness (QED) is 0.622. The third-order valence-electron chi connectivity index (χ3n) is 2.47. The minimum absolute atomic E-state index is 0.0893. The molecular weight excluding hydrogens is 268 g/mol. The number of aryl methyl sites for hydroxylation is 1. The molecule has 2 rings (SSSR count).